The molecule has 3 saturated heterocycles. The molecule has 2 N–H and O–H groups in total. The predicted molar refractivity (Wildman–Crippen MR) is 235 cm³/mol. The van der Waals surface area contributed by atoms with Crippen molar-refractivity contribution in [3.8, 4) is 11.8 Å². The molecule has 4 aromatic rings. The molecule has 2 aromatic heterocycles. The number of nitriles is 1. The van der Waals surface area contributed by atoms with Crippen LogP contribution < -0.4 is 20.3 Å². The summed E-state index contributed by atoms with van der Waals surface area (Å²) in [5, 5.41) is 10.3. The highest BCUT2D eigenvalue weighted by atomic mass is 16.5. The number of piperazine rings is 1. The van der Waals surface area contributed by atoms with Gasteiger partial charge in [-0.05, 0) is 86.7 Å². The Kier molecular flexibility index (Phi) is 10.5. The number of fused-ring (bicyclic) bond motifs is 2. The van der Waals surface area contributed by atoms with E-state index in [1.165, 1.54) is 11.1 Å². The molecule has 4 aliphatic heterocycles. The molecule has 1 saturated carbocycles. The number of anilines is 2. The lowest BCUT2D eigenvalue weighted by atomic mass is 9.48. The van der Waals surface area contributed by atoms with Crippen molar-refractivity contribution in [3.63, 3.8) is 0 Å². The van der Waals surface area contributed by atoms with Crippen LogP contribution in [0.25, 0.3) is 10.9 Å². The summed E-state index contributed by atoms with van der Waals surface area (Å²) in [5.74, 6) is -0.452. The van der Waals surface area contributed by atoms with Crippen molar-refractivity contribution in [1.82, 2.24) is 24.7 Å². The average Bonchev–Trinajstić information content (AvgIpc) is 3.52. The van der Waals surface area contributed by atoms with Crippen LogP contribution in [-0.2, 0) is 9.59 Å². The molecule has 15 heteroatoms. The Balaban J connectivity index is 0.845. The smallest absolute Gasteiger partial charge is 0.262 e. The van der Waals surface area contributed by atoms with Gasteiger partial charge in [0, 0.05) is 86.0 Å². The number of hydrogen-bond acceptors (Lipinski definition) is 12. The quantitative estimate of drug-likeness (QED) is 0.222. The Bertz CT molecular complexity index is 2560. The van der Waals surface area contributed by atoms with E-state index in [0.29, 0.717) is 33.7 Å². The summed E-state index contributed by atoms with van der Waals surface area (Å²) in [7, 11) is 0. The van der Waals surface area contributed by atoms with Crippen molar-refractivity contribution < 1.29 is 28.7 Å². The first-order valence-corrected chi connectivity index (χ1v) is 21.9. The van der Waals surface area contributed by atoms with E-state index in [0.717, 1.165) is 68.5 Å². The minimum absolute atomic E-state index is 0.0137. The number of primary amides is 1. The number of benzene rings is 2. The maximum atomic E-state index is 14.6. The number of piperidine rings is 2. The molecular weight excluding hydrogens is 799 g/mol. The SMILES string of the molecule is C[C@H]1CN(c2ccc3c(c2)C(=O)N([C@H]2CCC(=O)N(C4C(C)(C)C(Oc5ccc(C#N)c6ncccc56)C4(C)C)C2=O)C3=O)CCN1CC1CCN(c2ccc(C(N)=O)cn2)CC1. The van der Waals surface area contributed by atoms with Crippen LogP contribution in [0.1, 0.15) is 96.9 Å². The van der Waals surface area contributed by atoms with Crippen LogP contribution in [0.5, 0.6) is 5.75 Å². The third kappa shape index (κ3) is 7.04. The maximum absolute atomic E-state index is 14.6. The number of carbonyl (C=O) groups excluding carboxylic acids is 5. The van der Waals surface area contributed by atoms with Gasteiger partial charge in [0.05, 0.1) is 33.8 Å². The normalized spacial score (nSPS) is 25.0. The number of ether oxygens (including phenoxy) is 1. The van der Waals surface area contributed by atoms with Crippen LogP contribution >= 0.6 is 0 Å². The Hall–Kier alpha value is -6.40. The van der Waals surface area contributed by atoms with E-state index in [1.807, 2.05) is 45.9 Å². The fourth-order valence-electron chi connectivity index (χ4n) is 11.5. The van der Waals surface area contributed by atoms with Gasteiger partial charge in [-0.2, -0.15) is 5.26 Å². The van der Waals surface area contributed by atoms with Gasteiger partial charge in [-0.3, -0.25) is 43.7 Å². The zero-order valence-electron chi connectivity index (χ0n) is 36.4. The summed E-state index contributed by atoms with van der Waals surface area (Å²) in [6.07, 6.45) is 4.88. The number of imide groups is 2. The molecule has 5 aliphatic rings. The summed E-state index contributed by atoms with van der Waals surface area (Å²) in [6, 6.07) is 16.8. The Morgan fingerprint density at radius 2 is 1.62 bits per heavy atom. The number of aromatic nitrogens is 2. The van der Waals surface area contributed by atoms with Crippen molar-refractivity contribution in [2.45, 2.75) is 84.5 Å². The number of carbonyl (C=O) groups is 5. The lowest BCUT2D eigenvalue weighted by molar-refractivity contribution is -0.215. The largest absolute Gasteiger partial charge is 0.488 e. The molecule has 9 rings (SSSR count). The van der Waals surface area contributed by atoms with Crippen LogP contribution in [0.2, 0.25) is 0 Å². The van der Waals surface area contributed by atoms with Crippen LogP contribution in [0.3, 0.4) is 0 Å². The molecule has 15 nitrogen and oxygen atoms in total. The second kappa shape index (κ2) is 15.7. The van der Waals surface area contributed by atoms with E-state index >= 15 is 0 Å². The van der Waals surface area contributed by atoms with Crippen molar-refractivity contribution in [2.75, 3.05) is 49.1 Å². The zero-order valence-corrected chi connectivity index (χ0v) is 36.4. The van der Waals surface area contributed by atoms with Crippen LogP contribution in [0, 0.1) is 28.1 Å². The van der Waals surface area contributed by atoms with Gasteiger partial charge in [0.25, 0.3) is 17.7 Å². The first-order valence-electron chi connectivity index (χ1n) is 21.9. The van der Waals surface area contributed by atoms with Crippen molar-refractivity contribution in [3.05, 3.63) is 89.2 Å². The Morgan fingerprint density at radius 3 is 2.30 bits per heavy atom. The molecule has 1 aliphatic carbocycles. The topological polar surface area (TPSA) is 186 Å². The standard InChI is InChI=1S/C48H53N9O6/c1-28-26-55(22-21-54(28)27-29-16-19-53(20-17-29)38-14-9-31(25-52-38)41(50)59)32-10-11-33-35(23-32)43(61)56(42(33)60)36-12-15-39(58)57(44(36)62)45-47(2,3)46(48(45,4)5)63-37-13-8-30(24-49)40-34(37)7-6-18-51-40/h6-11,13-14,18,23,25,28-29,36,45-46H,12,15-17,19-22,26-27H2,1-5H3,(H2,50,59)/t28-,36-,45?,46?/m0/s1. The van der Waals surface area contributed by atoms with E-state index < -0.39 is 52.6 Å². The fraction of sp³-hybridized carbons (Fsp3) is 0.458. The molecule has 63 heavy (non-hydrogen) atoms. The van der Waals surface area contributed by atoms with Crippen LogP contribution in [0.4, 0.5) is 11.5 Å². The monoisotopic (exact) mass is 851 g/mol. The molecule has 4 fully saturated rings. The summed E-state index contributed by atoms with van der Waals surface area (Å²) in [5.41, 5.74) is 6.71. The number of amides is 5. The Morgan fingerprint density at radius 1 is 0.873 bits per heavy atom. The van der Waals surface area contributed by atoms with Gasteiger partial charge in [-0.25, -0.2) is 4.98 Å². The molecule has 6 heterocycles. The maximum Gasteiger partial charge on any atom is 0.262 e. The summed E-state index contributed by atoms with van der Waals surface area (Å²) in [4.78, 5) is 86.3. The molecule has 0 unspecified atom stereocenters. The van der Waals surface area contributed by atoms with Gasteiger partial charge in [0.1, 0.15) is 29.8 Å². The summed E-state index contributed by atoms with van der Waals surface area (Å²) < 4.78 is 6.68. The van der Waals surface area contributed by atoms with Gasteiger partial charge in [0.2, 0.25) is 11.8 Å². The van der Waals surface area contributed by atoms with Crippen LogP contribution in [0.15, 0.2) is 67.0 Å². The lowest BCUT2D eigenvalue weighted by Crippen LogP contribution is -2.77. The van der Waals surface area contributed by atoms with Crippen molar-refractivity contribution >= 4 is 51.9 Å². The van der Waals surface area contributed by atoms with Gasteiger partial charge >= 0.3 is 0 Å². The minimum Gasteiger partial charge on any atom is -0.488 e. The second-order valence-electron chi connectivity index (χ2n) is 19.0. The average molecular weight is 852 g/mol. The molecule has 2 atom stereocenters. The third-order valence-corrected chi connectivity index (χ3v) is 14.3. The fourth-order valence-corrected chi connectivity index (χ4v) is 11.5. The number of rotatable bonds is 9. The second-order valence-corrected chi connectivity index (χ2v) is 19.0. The first-order chi connectivity index (χ1) is 30.1. The highest BCUT2D eigenvalue weighted by Crippen LogP contribution is 2.59. The minimum atomic E-state index is -1.12. The van der Waals surface area contributed by atoms with Gasteiger partial charge in [-0.15, -0.1) is 0 Å². The molecule has 326 valence electrons. The van der Waals surface area contributed by atoms with E-state index in [2.05, 4.69) is 37.7 Å². The Labute approximate surface area is 366 Å². The third-order valence-electron chi connectivity index (χ3n) is 14.3. The predicted octanol–water partition coefficient (Wildman–Crippen LogP) is 5.02. The molecule has 2 aromatic carbocycles. The van der Waals surface area contributed by atoms with Gasteiger partial charge < -0.3 is 20.3 Å². The van der Waals surface area contributed by atoms with Crippen LogP contribution in [-0.4, -0.2) is 118 Å². The number of hydrogen-bond donors (Lipinski definition) is 1. The number of pyridine rings is 2. The lowest BCUT2D eigenvalue weighted by Gasteiger charge is -2.66. The van der Waals surface area contributed by atoms with Crippen molar-refractivity contribution in [1.29, 1.82) is 5.26 Å². The molecule has 0 radical (unpaired) electrons. The highest BCUT2D eigenvalue weighted by molar-refractivity contribution is 6.23. The van der Waals surface area contributed by atoms with Crippen molar-refractivity contribution in [2.24, 2.45) is 22.5 Å². The van der Waals surface area contributed by atoms with E-state index in [1.54, 1.807) is 42.6 Å². The number of nitrogens with two attached hydrogens (primary N) is 1. The first kappa shape index (κ1) is 41.9. The number of likely N-dealkylation sites (tertiary alicyclic amines) is 1. The summed E-state index contributed by atoms with van der Waals surface area (Å²) >= 11 is 0. The molecule has 0 spiro atoms. The highest BCUT2D eigenvalue weighted by Gasteiger charge is 2.68. The van der Waals surface area contributed by atoms with Gasteiger partial charge in [0.15, 0.2) is 0 Å². The van der Waals surface area contributed by atoms with Gasteiger partial charge in [-0.1, -0.05) is 27.7 Å². The van der Waals surface area contributed by atoms with E-state index in [9.17, 15) is 29.2 Å². The zero-order chi connectivity index (χ0) is 44.5. The number of nitrogens with zero attached hydrogens (tertiary/aromatic N) is 8. The molecule has 0 bridgehead atoms. The molecule has 5 amide bonds. The van der Waals surface area contributed by atoms with E-state index in [-0.39, 0.29) is 35.9 Å². The van der Waals surface area contributed by atoms with E-state index in [4.69, 9.17) is 10.5 Å². The molecular formula is C48H53N9O6. The summed E-state index contributed by atoms with van der Waals surface area (Å²) in [6.45, 7) is 15.2.